The normalized spacial score (nSPS) is 11.3. The molecule has 1 amide bonds. The predicted octanol–water partition coefficient (Wildman–Crippen LogP) is 4.86. The third-order valence-electron chi connectivity index (χ3n) is 5.45. The molecule has 180 valence electrons. The number of hydrogen-bond acceptors (Lipinski definition) is 8. The molecule has 2 aromatic carbocycles. The Bertz CT molecular complexity index is 1460. The minimum absolute atomic E-state index is 0.00187. The van der Waals surface area contributed by atoms with E-state index in [1.807, 2.05) is 44.2 Å². The highest BCUT2D eigenvalue weighted by atomic mass is 16.5. The smallest absolute Gasteiger partial charge is 0.257 e. The van der Waals surface area contributed by atoms with Gasteiger partial charge in [0, 0.05) is 29.7 Å². The van der Waals surface area contributed by atoms with Crippen molar-refractivity contribution < 1.29 is 14.6 Å². The molecule has 1 atom stereocenters. The summed E-state index contributed by atoms with van der Waals surface area (Å²) in [5, 5.41) is 25.5. The minimum atomic E-state index is -0.243. The summed E-state index contributed by atoms with van der Waals surface area (Å²) in [7, 11) is 1.46. The number of rotatable bonds is 7. The lowest BCUT2D eigenvalue weighted by atomic mass is 10.1. The number of benzene rings is 2. The Labute approximate surface area is 208 Å². The molecular formula is C27H24N6O3. The molecule has 0 saturated carbocycles. The summed E-state index contributed by atoms with van der Waals surface area (Å²) >= 11 is 0. The van der Waals surface area contributed by atoms with Crippen molar-refractivity contribution in [2.45, 2.75) is 19.9 Å². The van der Waals surface area contributed by atoms with E-state index in [1.165, 1.54) is 19.4 Å². The van der Waals surface area contributed by atoms with Crippen LogP contribution in [0.25, 0.3) is 11.3 Å². The van der Waals surface area contributed by atoms with Gasteiger partial charge in [-0.05, 0) is 61.4 Å². The number of anilines is 2. The average Bonchev–Trinajstić information content (AvgIpc) is 2.88. The first-order valence-corrected chi connectivity index (χ1v) is 11.1. The zero-order chi connectivity index (χ0) is 25.7. The minimum Gasteiger partial charge on any atom is -0.504 e. The largest absolute Gasteiger partial charge is 0.504 e. The Morgan fingerprint density at radius 3 is 2.69 bits per heavy atom. The van der Waals surface area contributed by atoms with Gasteiger partial charge in [-0.2, -0.15) is 5.26 Å². The number of nitrogens with one attached hydrogen (secondary N) is 2. The van der Waals surface area contributed by atoms with Crippen LogP contribution in [-0.2, 0) is 0 Å². The number of carbonyl (C=O) groups excluding carboxylic acids is 1. The molecule has 0 unspecified atom stereocenters. The van der Waals surface area contributed by atoms with E-state index in [0.717, 1.165) is 11.1 Å². The molecule has 4 aromatic rings. The molecule has 4 rings (SSSR count). The molecule has 0 saturated heterocycles. The topological polar surface area (TPSA) is 133 Å². The van der Waals surface area contributed by atoms with Gasteiger partial charge >= 0.3 is 0 Å². The van der Waals surface area contributed by atoms with Crippen LogP contribution in [0.3, 0.4) is 0 Å². The van der Waals surface area contributed by atoms with E-state index in [2.05, 4.69) is 25.6 Å². The van der Waals surface area contributed by atoms with Crippen LogP contribution < -0.4 is 15.4 Å². The van der Waals surface area contributed by atoms with Crippen molar-refractivity contribution in [1.82, 2.24) is 15.0 Å². The standard InChI is InChI=1S/C27H24N6O3/c1-16-9-20(15-29-14-16)27(35)31-21-6-4-5-18(10-21)17(2)30-25-12-22(32-26(13-28)33-25)19-7-8-23(34)24(11-19)36-3/h4-12,14-15,17,34H,1-3H3,(H,31,35)(H,30,32,33)/t17-/m0/s1. The van der Waals surface area contributed by atoms with E-state index in [4.69, 9.17) is 4.74 Å². The number of ether oxygens (including phenoxy) is 1. The highest BCUT2D eigenvalue weighted by Gasteiger charge is 2.13. The SMILES string of the molecule is COc1cc(-c2cc(N[C@@H](C)c3cccc(NC(=O)c4cncc(C)c4)c3)nc(C#N)n2)ccc1O. The number of methoxy groups -OCH3 is 1. The fourth-order valence-electron chi connectivity index (χ4n) is 3.63. The highest BCUT2D eigenvalue weighted by Crippen LogP contribution is 2.32. The van der Waals surface area contributed by atoms with Crippen LogP contribution in [-0.4, -0.2) is 33.1 Å². The van der Waals surface area contributed by atoms with E-state index >= 15 is 0 Å². The number of aryl methyl sites for hydroxylation is 1. The van der Waals surface area contributed by atoms with Gasteiger partial charge in [0.25, 0.3) is 5.91 Å². The Morgan fingerprint density at radius 2 is 1.94 bits per heavy atom. The second-order valence-corrected chi connectivity index (χ2v) is 8.16. The molecule has 36 heavy (non-hydrogen) atoms. The van der Waals surface area contributed by atoms with Gasteiger partial charge in [-0.15, -0.1) is 0 Å². The molecule has 0 aliphatic rings. The van der Waals surface area contributed by atoms with E-state index in [9.17, 15) is 15.2 Å². The number of phenolic OH excluding ortho intramolecular Hbond substituents is 1. The van der Waals surface area contributed by atoms with Crippen molar-refractivity contribution in [3.8, 4) is 28.8 Å². The number of carbonyl (C=O) groups is 1. The Kier molecular flexibility index (Phi) is 7.07. The third kappa shape index (κ3) is 5.56. The second-order valence-electron chi connectivity index (χ2n) is 8.16. The first-order valence-electron chi connectivity index (χ1n) is 11.1. The lowest BCUT2D eigenvalue weighted by molar-refractivity contribution is 0.102. The van der Waals surface area contributed by atoms with Gasteiger partial charge in [-0.25, -0.2) is 9.97 Å². The number of hydrogen-bond donors (Lipinski definition) is 3. The van der Waals surface area contributed by atoms with Crippen molar-refractivity contribution in [3.63, 3.8) is 0 Å². The number of nitrogens with zero attached hydrogens (tertiary/aromatic N) is 4. The molecule has 0 spiro atoms. The molecule has 0 radical (unpaired) electrons. The molecule has 0 bridgehead atoms. The molecule has 0 fully saturated rings. The zero-order valence-electron chi connectivity index (χ0n) is 20.0. The van der Waals surface area contributed by atoms with Crippen LogP contribution in [0.5, 0.6) is 11.5 Å². The van der Waals surface area contributed by atoms with Gasteiger partial charge < -0.3 is 20.5 Å². The summed E-state index contributed by atoms with van der Waals surface area (Å²) in [6, 6.07) is 17.6. The van der Waals surface area contributed by atoms with Gasteiger partial charge in [0.15, 0.2) is 11.5 Å². The van der Waals surface area contributed by atoms with Gasteiger partial charge in [0.2, 0.25) is 5.82 Å². The van der Waals surface area contributed by atoms with Gasteiger partial charge in [0.1, 0.15) is 11.9 Å². The Balaban J connectivity index is 1.55. The summed E-state index contributed by atoms with van der Waals surface area (Å²) in [4.78, 5) is 25.2. The zero-order valence-corrected chi connectivity index (χ0v) is 20.0. The van der Waals surface area contributed by atoms with Crippen molar-refractivity contribution in [3.05, 3.63) is 89.5 Å². The fraction of sp³-hybridized carbons (Fsp3) is 0.148. The van der Waals surface area contributed by atoms with E-state index < -0.39 is 0 Å². The van der Waals surface area contributed by atoms with Crippen molar-refractivity contribution in [1.29, 1.82) is 5.26 Å². The predicted molar refractivity (Wildman–Crippen MR) is 136 cm³/mol. The van der Waals surface area contributed by atoms with Crippen molar-refractivity contribution in [2.75, 3.05) is 17.7 Å². The van der Waals surface area contributed by atoms with Crippen LogP contribution in [0.4, 0.5) is 11.5 Å². The summed E-state index contributed by atoms with van der Waals surface area (Å²) in [5.74, 6) is 0.520. The van der Waals surface area contributed by atoms with Crippen LogP contribution in [0.2, 0.25) is 0 Å². The lowest BCUT2D eigenvalue weighted by Gasteiger charge is -2.17. The molecule has 2 aromatic heterocycles. The molecule has 0 aliphatic carbocycles. The lowest BCUT2D eigenvalue weighted by Crippen LogP contribution is -2.13. The molecule has 9 nitrogen and oxygen atoms in total. The van der Waals surface area contributed by atoms with E-state index in [-0.39, 0.29) is 23.5 Å². The number of aromatic hydroxyl groups is 1. The molecule has 0 aliphatic heterocycles. The van der Waals surface area contributed by atoms with E-state index in [0.29, 0.717) is 34.1 Å². The number of nitriles is 1. The maximum Gasteiger partial charge on any atom is 0.257 e. The number of phenols is 1. The van der Waals surface area contributed by atoms with E-state index in [1.54, 1.807) is 30.5 Å². The van der Waals surface area contributed by atoms with Gasteiger partial charge in [-0.1, -0.05) is 12.1 Å². The van der Waals surface area contributed by atoms with Crippen LogP contribution >= 0.6 is 0 Å². The maximum absolute atomic E-state index is 12.6. The highest BCUT2D eigenvalue weighted by molar-refractivity contribution is 6.04. The second kappa shape index (κ2) is 10.5. The van der Waals surface area contributed by atoms with Crippen molar-refractivity contribution in [2.24, 2.45) is 0 Å². The quantitative estimate of drug-likeness (QED) is 0.342. The summed E-state index contributed by atoms with van der Waals surface area (Å²) in [5.41, 5.74) is 4.10. The molecule has 3 N–H and O–H groups in total. The monoisotopic (exact) mass is 480 g/mol. The number of pyridine rings is 1. The first-order chi connectivity index (χ1) is 17.4. The van der Waals surface area contributed by atoms with Gasteiger partial charge in [0.05, 0.1) is 24.4 Å². The molecule has 9 heteroatoms. The number of aromatic nitrogens is 3. The number of amides is 1. The summed E-state index contributed by atoms with van der Waals surface area (Å²) in [6.45, 7) is 3.83. The van der Waals surface area contributed by atoms with Crippen LogP contribution in [0.1, 0.15) is 40.3 Å². The van der Waals surface area contributed by atoms with Gasteiger partial charge in [-0.3, -0.25) is 9.78 Å². The fourth-order valence-corrected chi connectivity index (χ4v) is 3.63. The van der Waals surface area contributed by atoms with Crippen LogP contribution in [0, 0.1) is 18.3 Å². The molecular weight excluding hydrogens is 456 g/mol. The third-order valence-corrected chi connectivity index (χ3v) is 5.45. The van der Waals surface area contributed by atoms with Crippen LogP contribution in [0.15, 0.2) is 67.0 Å². The van der Waals surface area contributed by atoms with Crippen molar-refractivity contribution >= 4 is 17.4 Å². The molecule has 2 heterocycles. The summed E-state index contributed by atoms with van der Waals surface area (Å²) in [6.07, 6.45) is 3.22. The first kappa shape index (κ1) is 24.2. The maximum atomic E-state index is 12.6. The average molecular weight is 481 g/mol. The summed E-state index contributed by atoms with van der Waals surface area (Å²) < 4.78 is 5.18. The Morgan fingerprint density at radius 1 is 1.11 bits per heavy atom. The Hall–Kier alpha value is -4.97.